The first-order chi connectivity index (χ1) is 18.9. The molecule has 4 aromatic rings. The average molecular weight is 528 g/mol. The number of aromatic nitrogens is 2. The first-order valence-corrected chi connectivity index (χ1v) is 12.5. The van der Waals surface area contributed by atoms with Crippen LogP contribution in [0.2, 0.25) is 0 Å². The molecule has 0 spiro atoms. The second-order valence-electron chi connectivity index (χ2n) is 9.14. The third-order valence-corrected chi connectivity index (χ3v) is 6.75. The Morgan fingerprint density at radius 3 is 2.51 bits per heavy atom. The van der Waals surface area contributed by atoms with Gasteiger partial charge in [-0.25, -0.2) is 4.98 Å². The van der Waals surface area contributed by atoms with E-state index in [0.717, 1.165) is 5.56 Å². The first-order valence-electron chi connectivity index (χ1n) is 12.5. The summed E-state index contributed by atoms with van der Waals surface area (Å²) in [5.41, 5.74) is 3.06. The number of pyridine rings is 1. The summed E-state index contributed by atoms with van der Waals surface area (Å²) < 4.78 is 18.5. The van der Waals surface area contributed by atoms with Crippen LogP contribution in [0.3, 0.4) is 0 Å². The highest BCUT2D eigenvalue weighted by Crippen LogP contribution is 2.42. The third-order valence-electron chi connectivity index (χ3n) is 6.75. The number of ketones is 1. The molecule has 0 aliphatic carbocycles. The monoisotopic (exact) mass is 527 g/mol. The van der Waals surface area contributed by atoms with E-state index in [9.17, 15) is 14.7 Å². The number of carbonyl (C=O) groups excluding carboxylic acids is 2. The van der Waals surface area contributed by atoms with E-state index in [1.807, 2.05) is 36.4 Å². The number of benzene rings is 2. The van der Waals surface area contributed by atoms with E-state index in [1.54, 1.807) is 47.9 Å². The van der Waals surface area contributed by atoms with Gasteiger partial charge in [-0.15, -0.1) is 0 Å². The van der Waals surface area contributed by atoms with Crippen LogP contribution in [0.1, 0.15) is 28.6 Å². The maximum absolute atomic E-state index is 13.4. The van der Waals surface area contributed by atoms with E-state index in [4.69, 9.17) is 14.2 Å². The Morgan fingerprint density at radius 1 is 1.00 bits per heavy atom. The molecular formula is C30H29N3O6. The van der Waals surface area contributed by atoms with Crippen molar-refractivity contribution in [3.8, 4) is 11.5 Å². The van der Waals surface area contributed by atoms with Gasteiger partial charge in [-0.2, -0.15) is 0 Å². The van der Waals surface area contributed by atoms with Crippen LogP contribution in [-0.2, 0) is 20.9 Å². The van der Waals surface area contributed by atoms with Crippen LogP contribution < -0.4 is 9.47 Å². The number of aryl methyl sites for hydroxylation is 1. The van der Waals surface area contributed by atoms with Gasteiger partial charge < -0.3 is 24.2 Å². The Balaban J connectivity index is 1.60. The van der Waals surface area contributed by atoms with Gasteiger partial charge in [-0.1, -0.05) is 42.5 Å². The van der Waals surface area contributed by atoms with E-state index in [-0.39, 0.29) is 24.5 Å². The van der Waals surface area contributed by atoms with Crippen LogP contribution in [0, 0.1) is 6.92 Å². The number of aliphatic hydroxyl groups excluding tert-OH is 1. The lowest BCUT2D eigenvalue weighted by Crippen LogP contribution is -2.32. The number of ether oxygens (including phenoxy) is 3. The topological polar surface area (TPSA) is 103 Å². The Morgan fingerprint density at radius 2 is 1.77 bits per heavy atom. The van der Waals surface area contributed by atoms with E-state index in [1.165, 1.54) is 19.1 Å². The Kier molecular flexibility index (Phi) is 7.33. The highest BCUT2D eigenvalue weighted by Gasteiger charge is 2.46. The number of imidazole rings is 1. The summed E-state index contributed by atoms with van der Waals surface area (Å²) in [7, 11) is 3.05. The van der Waals surface area contributed by atoms with E-state index < -0.39 is 17.7 Å². The van der Waals surface area contributed by atoms with Crippen LogP contribution in [0.15, 0.2) is 78.5 Å². The van der Waals surface area contributed by atoms with Gasteiger partial charge >= 0.3 is 0 Å². The maximum atomic E-state index is 13.4. The normalized spacial score (nSPS) is 16.7. The number of Topliss-reactive ketones (excluding diaryl/α,β-unsaturated/α-hetero) is 1. The lowest BCUT2D eigenvalue weighted by molar-refractivity contribution is -0.140. The predicted molar refractivity (Wildman–Crippen MR) is 145 cm³/mol. The average Bonchev–Trinajstić information content (AvgIpc) is 3.43. The number of aliphatic hydroxyl groups is 1. The van der Waals surface area contributed by atoms with Gasteiger partial charge in [0.15, 0.2) is 17.3 Å². The second-order valence-corrected chi connectivity index (χ2v) is 9.14. The van der Waals surface area contributed by atoms with E-state index in [2.05, 4.69) is 4.98 Å². The second kappa shape index (κ2) is 11.0. The number of likely N-dealkylation sites (tertiary alicyclic amines) is 1. The van der Waals surface area contributed by atoms with Crippen molar-refractivity contribution < 1.29 is 28.9 Å². The number of rotatable bonds is 9. The number of methoxy groups -OCH3 is 2. The van der Waals surface area contributed by atoms with E-state index >= 15 is 0 Å². The zero-order valence-electron chi connectivity index (χ0n) is 22.0. The molecule has 39 heavy (non-hydrogen) atoms. The molecule has 1 N–H and O–H groups in total. The molecule has 1 amide bonds. The standard InChI is InChI=1S/C30H29N3O6/c1-19-26(32-14-8-7-11-24(32)31-19)28(34)25-27(33(15-16-37-2)30(36)29(25)35)21-12-13-22(23(17-21)38-3)39-18-20-9-5-4-6-10-20/h4-14,17,27,34H,15-16,18H2,1-3H3/b28-25+. The van der Waals surface area contributed by atoms with Crippen LogP contribution in [0.25, 0.3) is 11.4 Å². The largest absolute Gasteiger partial charge is 0.505 e. The van der Waals surface area contributed by atoms with Gasteiger partial charge in [0.1, 0.15) is 17.9 Å². The molecule has 1 saturated heterocycles. The molecule has 1 atom stereocenters. The molecule has 0 bridgehead atoms. The number of amides is 1. The van der Waals surface area contributed by atoms with Crippen LogP contribution in [0.5, 0.6) is 11.5 Å². The molecule has 1 aliphatic rings. The summed E-state index contributed by atoms with van der Waals surface area (Å²) in [4.78, 5) is 32.5. The first kappa shape index (κ1) is 26.0. The molecule has 2 aromatic heterocycles. The minimum atomic E-state index is -0.870. The van der Waals surface area contributed by atoms with Gasteiger partial charge in [-0.05, 0) is 42.3 Å². The number of nitrogens with zero attached hydrogens (tertiary/aromatic N) is 3. The minimum absolute atomic E-state index is 0.0233. The van der Waals surface area contributed by atoms with Gasteiger partial charge in [0.2, 0.25) is 0 Å². The van der Waals surface area contributed by atoms with Crippen molar-refractivity contribution >= 4 is 23.1 Å². The summed E-state index contributed by atoms with van der Waals surface area (Å²) >= 11 is 0. The molecule has 5 rings (SSSR count). The molecular weight excluding hydrogens is 498 g/mol. The summed E-state index contributed by atoms with van der Waals surface area (Å²) in [6.07, 6.45) is 1.75. The molecule has 9 nitrogen and oxygen atoms in total. The number of hydrogen-bond acceptors (Lipinski definition) is 7. The van der Waals surface area contributed by atoms with Crippen molar-refractivity contribution in [2.24, 2.45) is 0 Å². The summed E-state index contributed by atoms with van der Waals surface area (Å²) in [6.45, 7) is 2.47. The molecule has 0 radical (unpaired) electrons. The molecule has 1 aliphatic heterocycles. The van der Waals surface area contributed by atoms with Crippen molar-refractivity contribution in [1.29, 1.82) is 0 Å². The number of hydrogen-bond donors (Lipinski definition) is 1. The zero-order valence-corrected chi connectivity index (χ0v) is 22.0. The SMILES string of the molecule is COCCN1C(=O)C(=O)/C(=C(/O)c2c(C)nc3ccccn23)C1c1ccc(OCc2ccccc2)c(OC)c1. The number of carbonyl (C=O) groups is 2. The molecule has 3 heterocycles. The fourth-order valence-corrected chi connectivity index (χ4v) is 4.88. The Bertz CT molecular complexity index is 1560. The maximum Gasteiger partial charge on any atom is 0.295 e. The van der Waals surface area contributed by atoms with Crippen LogP contribution in [-0.4, -0.2) is 58.5 Å². The van der Waals surface area contributed by atoms with Crippen molar-refractivity contribution in [2.75, 3.05) is 27.4 Å². The molecule has 1 unspecified atom stereocenters. The Labute approximate surface area is 225 Å². The quantitative estimate of drug-likeness (QED) is 0.197. The molecule has 9 heteroatoms. The number of fused-ring (bicyclic) bond motifs is 1. The molecule has 2 aromatic carbocycles. The highest BCUT2D eigenvalue weighted by molar-refractivity contribution is 6.46. The van der Waals surface area contributed by atoms with Crippen molar-refractivity contribution in [2.45, 2.75) is 19.6 Å². The summed E-state index contributed by atoms with van der Waals surface area (Å²) in [6, 6.07) is 19.6. The third kappa shape index (κ3) is 4.84. The van der Waals surface area contributed by atoms with E-state index in [0.29, 0.717) is 40.7 Å². The molecule has 200 valence electrons. The van der Waals surface area contributed by atoms with Crippen molar-refractivity contribution in [3.63, 3.8) is 0 Å². The van der Waals surface area contributed by atoms with Gasteiger partial charge in [-0.3, -0.25) is 14.0 Å². The molecule has 0 saturated carbocycles. The highest BCUT2D eigenvalue weighted by atomic mass is 16.5. The minimum Gasteiger partial charge on any atom is -0.505 e. The Hall–Kier alpha value is -4.63. The van der Waals surface area contributed by atoms with Crippen LogP contribution >= 0.6 is 0 Å². The van der Waals surface area contributed by atoms with Gasteiger partial charge in [0.25, 0.3) is 11.7 Å². The lowest BCUT2D eigenvalue weighted by atomic mass is 9.96. The molecule has 1 fully saturated rings. The van der Waals surface area contributed by atoms with Gasteiger partial charge in [0.05, 0.1) is 31.0 Å². The summed E-state index contributed by atoms with van der Waals surface area (Å²) in [5, 5.41) is 11.6. The predicted octanol–water partition coefficient (Wildman–Crippen LogP) is 4.30. The zero-order chi connectivity index (χ0) is 27.5. The fourth-order valence-electron chi connectivity index (χ4n) is 4.88. The van der Waals surface area contributed by atoms with Crippen LogP contribution in [0.4, 0.5) is 0 Å². The fraction of sp³-hybridized carbons (Fsp3) is 0.233. The lowest BCUT2D eigenvalue weighted by Gasteiger charge is -2.25. The van der Waals surface area contributed by atoms with Crippen molar-refractivity contribution in [1.82, 2.24) is 14.3 Å². The summed E-state index contributed by atoms with van der Waals surface area (Å²) in [5.74, 6) is -0.836. The van der Waals surface area contributed by atoms with Crippen molar-refractivity contribution in [3.05, 3.63) is 101 Å². The smallest absolute Gasteiger partial charge is 0.295 e. The van der Waals surface area contributed by atoms with Gasteiger partial charge in [0, 0.05) is 19.9 Å².